The van der Waals surface area contributed by atoms with Crippen LogP contribution in [0.5, 0.6) is 5.75 Å². The van der Waals surface area contributed by atoms with E-state index in [9.17, 15) is 8.42 Å². The number of nitrogens with zero attached hydrogens (tertiary/aromatic N) is 2. The van der Waals surface area contributed by atoms with Gasteiger partial charge in [-0.15, -0.1) is 0 Å². The number of imidazole rings is 1. The van der Waals surface area contributed by atoms with Gasteiger partial charge in [-0.2, -0.15) is 0 Å². The van der Waals surface area contributed by atoms with Crippen LogP contribution in [0.25, 0.3) is 0 Å². The van der Waals surface area contributed by atoms with Crippen molar-refractivity contribution in [3.8, 4) is 5.75 Å². The SMILES string of the molecule is O=S1(=O)CC[C@H](NCc2cccc(OCCn3ccnc3)c2)C1. The molecule has 6 nitrogen and oxygen atoms in total. The third-order valence-corrected chi connectivity index (χ3v) is 5.67. The number of benzene rings is 1. The van der Waals surface area contributed by atoms with E-state index in [2.05, 4.69) is 10.3 Å². The molecule has 1 atom stereocenters. The van der Waals surface area contributed by atoms with Crippen molar-refractivity contribution in [1.29, 1.82) is 0 Å². The Morgan fingerprint density at radius 3 is 3.04 bits per heavy atom. The lowest BCUT2D eigenvalue weighted by molar-refractivity contribution is 0.298. The molecule has 1 aromatic heterocycles. The molecule has 2 heterocycles. The van der Waals surface area contributed by atoms with Gasteiger partial charge in [0.25, 0.3) is 0 Å². The highest BCUT2D eigenvalue weighted by molar-refractivity contribution is 7.91. The second-order valence-electron chi connectivity index (χ2n) is 5.78. The van der Waals surface area contributed by atoms with Crippen molar-refractivity contribution in [3.63, 3.8) is 0 Å². The zero-order valence-corrected chi connectivity index (χ0v) is 13.7. The van der Waals surface area contributed by atoms with Crippen molar-refractivity contribution in [2.45, 2.75) is 25.6 Å². The monoisotopic (exact) mass is 335 g/mol. The van der Waals surface area contributed by atoms with Crippen molar-refractivity contribution in [2.75, 3.05) is 18.1 Å². The molecule has 0 radical (unpaired) electrons. The van der Waals surface area contributed by atoms with Crippen molar-refractivity contribution in [2.24, 2.45) is 0 Å². The molecule has 0 unspecified atom stereocenters. The van der Waals surface area contributed by atoms with E-state index in [4.69, 9.17) is 4.74 Å². The summed E-state index contributed by atoms with van der Waals surface area (Å²) in [5.74, 6) is 1.36. The molecule has 1 N–H and O–H groups in total. The lowest BCUT2D eigenvalue weighted by Gasteiger charge is -2.12. The first-order chi connectivity index (χ1) is 11.1. The van der Waals surface area contributed by atoms with Crippen LogP contribution in [0.3, 0.4) is 0 Å². The molecule has 1 aliphatic rings. The molecule has 0 aliphatic carbocycles. The van der Waals surface area contributed by atoms with E-state index in [1.165, 1.54) is 0 Å². The molecule has 1 aromatic carbocycles. The highest BCUT2D eigenvalue weighted by Crippen LogP contribution is 2.15. The number of aromatic nitrogens is 2. The molecule has 124 valence electrons. The summed E-state index contributed by atoms with van der Waals surface area (Å²) >= 11 is 0. The average molecular weight is 335 g/mol. The fraction of sp³-hybridized carbons (Fsp3) is 0.438. The minimum atomic E-state index is -2.84. The molecule has 2 aromatic rings. The number of hydrogen-bond acceptors (Lipinski definition) is 5. The van der Waals surface area contributed by atoms with Crippen LogP contribution in [-0.2, 0) is 22.9 Å². The third-order valence-electron chi connectivity index (χ3n) is 3.90. The van der Waals surface area contributed by atoms with Gasteiger partial charge in [0.2, 0.25) is 0 Å². The third kappa shape index (κ3) is 4.80. The summed E-state index contributed by atoms with van der Waals surface area (Å²) in [5, 5.41) is 3.31. The molecule has 23 heavy (non-hydrogen) atoms. The Hall–Kier alpha value is -1.86. The summed E-state index contributed by atoms with van der Waals surface area (Å²) in [4.78, 5) is 3.99. The van der Waals surface area contributed by atoms with Gasteiger partial charge in [0.15, 0.2) is 9.84 Å². The Morgan fingerprint density at radius 2 is 2.30 bits per heavy atom. The molecule has 0 bridgehead atoms. The predicted octanol–water partition coefficient (Wildman–Crippen LogP) is 1.24. The van der Waals surface area contributed by atoms with Crippen LogP contribution in [0.4, 0.5) is 0 Å². The van der Waals surface area contributed by atoms with E-state index in [1.54, 1.807) is 12.5 Å². The summed E-state index contributed by atoms with van der Waals surface area (Å²) in [7, 11) is -2.84. The summed E-state index contributed by atoms with van der Waals surface area (Å²) in [6, 6.07) is 7.95. The summed E-state index contributed by atoms with van der Waals surface area (Å²) in [6.45, 7) is 1.98. The molecule has 1 fully saturated rings. The molecular formula is C16H21N3O3S. The fourth-order valence-electron chi connectivity index (χ4n) is 2.65. The van der Waals surface area contributed by atoms with E-state index in [0.717, 1.165) is 17.9 Å². The average Bonchev–Trinajstić information content (AvgIpc) is 3.15. The Balaban J connectivity index is 1.47. The van der Waals surface area contributed by atoms with Crippen LogP contribution >= 0.6 is 0 Å². The topological polar surface area (TPSA) is 73.2 Å². The quantitative estimate of drug-likeness (QED) is 0.824. The van der Waals surface area contributed by atoms with E-state index in [-0.39, 0.29) is 11.8 Å². The highest BCUT2D eigenvalue weighted by atomic mass is 32.2. The molecule has 0 amide bonds. The van der Waals surface area contributed by atoms with Crippen molar-refractivity contribution >= 4 is 9.84 Å². The zero-order valence-electron chi connectivity index (χ0n) is 12.9. The lowest BCUT2D eigenvalue weighted by atomic mass is 10.2. The van der Waals surface area contributed by atoms with Crippen LogP contribution < -0.4 is 10.1 Å². The standard InChI is InChI=1S/C16H21N3O3S/c20-23(21)9-4-15(12-23)18-11-14-2-1-3-16(10-14)22-8-7-19-6-5-17-13-19/h1-3,5-6,10,13,15,18H,4,7-9,11-12H2/t15-/m0/s1. The van der Waals surface area contributed by atoms with Crippen LogP contribution in [0.2, 0.25) is 0 Å². The van der Waals surface area contributed by atoms with Gasteiger partial charge in [-0.3, -0.25) is 0 Å². The van der Waals surface area contributed by atoms with E-state index < -0.39 is 9.84 Å². The maximum atomic E-state index is 11.5. The predicted molar refractivity (Wildman–Crippen MR) is 88.1 cm³/mol. The number of hydrogen-bond donors (Lipinski definition) is 1. The van der Waals surface area contributed by atoms with Crippen molar-refractivity contribution in [1.82, 2.24) is 14.9 Å². The number of ether oxygens (including phenoxy) is 1. The number of rotatable bonds is 7. The maximum Gasteiger partial charge on any atom is 0.151 e. The van der Waals surface area contributed by atoms with Gasteiger partial charge >= 0.3 is 0 Å². The lowest BCUT2D eigenvalue weighted by Crippen LogP contribution is -2.29. The minimum absolute atomic E-state index is 0.0609. The first-order valence-electron chi connectivity index (χ1n) is 7.72. The van der Waals surface area contributed by atoms with Crippen molar-refractivity contribution in [3.05, 3.63) is 48.5 Å². The van der Waals surface area contributed by atoms with Crippen LogP contribution in [0.1, 0.15) is 12.0 Å². The van der Waals surface area contributed by atoms with Gasteiger partial charge in [-0.1, -0.05) is 12.1 Å². The van der Waals surface area contributed by atoms with Gasteiger partial charge < -0.3 is 14.6 Å². The number of sulfone groups is 1. The second-order valence-corrected chi connectivity index (χ2v) is 8.01. The van der Waals surface area contributed by atoms with Gasteiger partial charge in [-0.05, 0) is 24.1 Å². The zero-order chi connectivity index (χ0) is 16.1. The van der Waals surface area contributed by atoms with E-state index in [0.29, 0.717) is 25.3 Å². The molecule has 3 rings (SSSR count). The van der Waals surface area contributed by atoms with Gasteiger partial charge in [0.1, 0.15) is 12.4 Å². The molecule has 0 spiro atoms. The first kappa shape index (κ1) is 16.0. The Kier molecular flexibility index (Phi) is 4.97. The van der Waals surface area contributed by atoms with Crippen LogP contribution in [0.15, 0.2) is 43.0 Å². The van der Waals surface area contributed by atoms with Crippen LogP contribution in [0, 0.1) is 0 Å². The summed E-state index contributed by atoms with van der Waals surface area (Å²) in [5.41, 5.74) is 1.09. The molecule has 1 aliphatic heterocycles. The Morgan fingerprint density at radius 1 is 1.39 bits per heavy atom. The molecule has 0 saturated carbocycles. The minimum Gasteiger partial charge on any atom is -0.492 e. The fourth-order valence-corrected chi connectivity index (χ4v) is 4.36. The van der Waals surface area contributed by atoms with E-state index >= 15 is 0 Å². The first-order valence-corrected chi connectivity index (χ1v) is 9.54. The van der Waals surface area contributed by atoms with E-state index in [1.807, 2.05) is 35.0 Å². The maximum absolute atomic E-state index is 11.5. The second kappa shape index (κ2) is 7.14. The van der Waals surface area contributed by atoms with Gasteiger partial charge in [0, 0.05) is 25.0 Å². The Labute approximate surface area is 136 Å². The van der Waals surface area contributed by atoms with Gasteiger partial charge in [0.05, 0.1) is 24.4 Å². The summed E-state index contributed by atoms with van der Waals surface area (Å²) in [6.07, 6.45) is 6.11. The largest absolute Gasteiger partial charge is 0.492 e. The van der Waals surface area contributed by atoms with Gasteiger partial charge in [-0.25, -0.2) is 13.4 Å². The molecule has 1 saturated heterocycles. The summed E-state index contributed by atoms with van der Waals surface area (Å²) < 4.78 is 30.6. The Bertz CT molecular complexity index is 729. The van der Waals surface area contributed by atoms with Crippen molar-refractivity contribution < 1.29 is 13.2 Å². The number of nitrogens with one attached hydrogen (secondary N) is 1. The molecule has 7 heteroatoms. The highest BCUT2D eigenvalue weighted by Gasteiger charge is 2.27. The smallest absolute Gasteiger partial charge is 0.151 e. The normalized spacial score (nSPS) is 19.7. The molecular weight excluding hydrogens is 314 g/mol. The van der Waals surface area contributed by atoms with Crippen LogP contribution in [-0.4, -0.2) is 42.1 Å².